The van der Waals surface area contributed by atoms with Gasteiger partial charge in [0.05, 0.1) is 10.5 Å². The molecule has 0 spiro atoms. The van der Waals surface area contributed by atoms with Crippen LogP contribution in [0, 0.1) is 5.82 Å². The van der Waals surface area contributed by atoms with Crippen molar-refractivity contribution in [3.63, 3.8) is 0 Å². The van der Waals surface area contributed by atoms with Crippen LogP contribution in [0.3, 0.4) is 0 Å². The standard InChI is InChI=1S/C11H9BrFNS.ClH/c12-10-7(3-1-4-8(10)13)11(14)9-5-2-6-15-9;/h1-6,11H,14H2;1H/t11-;/m0./s1. The van der Waals surface area contributed by atoms with Gasteiger partial charge in [0.25, 0.3) is 0 Å². The highest BCUT2D eigenvalue weighted by Crippen LogP contribution is 2.30. The molecular formula is C11H10BrClFNS. The summed E-state index contributed by atoms with van der Waals surface area (Å²) in [4.78, 5) is 1.03. The molecule has 2 rings (SSSR count). The van der Waals surface area contributed by atoms with Crippen molar-refractivity contribution in [3.05, 3.63) is 56.4 Å². The van der Waals surface area contributed by atoms with E-state index in [4.69, 9.17) is 5.73 Å². The predicted octanol–water partition coefficient (Wildman–Crippen LogP) is 4.12. The van der Waals surface area contributed by atoms with Crippen molar-refractivity contribution < 1.29 is 4.39 Å². The molecule has 5 heteroatoms. The summed E-state index contributed by atoms with van der Waals surface area (Å²) in [5.41, 5.74) is 6.82. The molecule has 86 valence electrons. The third-order valence-electron chi connectivity index (χ3n) is 2.17. The quantitative estimate of drug-likeness (QED) is 0.884. The van der Waals surface area contributed by atoms with E-state index in [0.717, 1.165) is 10.4 Å². The van der Waals surface area contributed by atoms with Gasteiger partial charge < -0.3 is 5.73 Å². The van der Waals surface area contributed by atoms with E-state index >= 15 is 0 Å². The SMILES string of the molecule is Cl.N[C@H](c1cccs1)c1cccc(F)c1Br. The fourth-order valence-electron chi connectivity index (χ4n) is 1.38. The number of hydrogen-bond acceptors (Lipinski definition) is 2. The summed E-state index contributed by atoms with van der Waals surface area (Å²) in [5.74, 6) is -0.278. The number of thiophene rings is 1. The molecule has 2 N–H and O–H groups in total. The maximum atomic E-state index is 13.3. The van der Waals surface area contributed by atoms with E-state index < -0.39 is 0 Å². The Labute approximate surface area is 112 Å². The van der Waals surface area contributed by atoms with Gasteiger partial charge in [-0.3, -0.25) is 0 Å². The lowest BCUT2D eigenvalue weighted by Gasteiger charge is -2.12. The first-order valence-electron chi connectivity index (χ1n) is 4.43. The third-order valence-corrected chi connectivity index (χ3v) is 3.96. The van der Waals surface area contributed by atoms with Crippen LogP contribution in [0.25, 0.3) is 0 Å². The zero-order valence-electron chi connectivity index (χ0n) is 8.19. The molecule has 1 nitrogen and oxygen atoms in total. The van der Waals surface area contributed by atoms with Crippen LogP contribution in [-0.4, -0.2) is 0 Å². The Bertz CT molecular complexity index is 461. The van der Waals surface area contributed by atoms with Crippen LogP contribution in [0.4, 0.5) is 4.39 Å². The number of hydrogen-bond donors (Lipinski definition) is 1. The molecule has 0 aliphatic heterocycles. The number of halogens is 3. The highest BCUT2D eigenvalue weighted by atomic mass is 79.9. The first-order chi connectivity index (χ1) is 7.20. The maximum absolute atomic E-state index is 13.3. The second kappa shape index (κ2) is 5.77. The number of nitrogens with two attached hydrogens (primary N) is 1. The molecule has 0 bridgehead atoms. The summed E-state index contributed by atoms with van der Waals surface area (Å²) < 4.78 is 13.7. The molecule has 16 heavy (non-hydrogen) atoms. The lowest BCUT2D eigenvalue weighted by molar-refractivity contribution is 0.616. The van der Waals surface area contributed by atoms with Crippen molar-refractivity contribution in [2.75, 3.05) is 0 Å². The van der Waals surface area contributed by atoms with Gasteiger partial charge in [0.1, 0.15) is 5.82 Å². The zero-order valence-corrected chi connectivity index (χ0v) is 11.4. The molecule has 0 radical (unpaired) electrons. The minimum atomic E-state index is -0.278. The molecule has 0 aliphatic rings. The second-order valence-corrected chi connectivity index (χ2v) is 4.91. The van der Waals surface area contributed by atoms with Crippen LogP contribution in [0.15, 0.2) is 40.2 Å². The van der Waals surface area contributed by atoms with E-state index in [9.17, 15) is 4.39 Å². The average molecular weight is 323 g/mol. The van der Waals surface area contributed by atoms with E-state index in [0.29, 0.717) is 4.47 Å². The van der Waals surface area contributed by atoms with Gasteiger partial charge in [-0.05, 0) is 39.0 Å². The van der Waals surface area contributed by atoms with Gasteiger partial charge in [0.15, 0.2) is 0 Å². The van der Waals surface area contributed by atoms with Crippen LogP contribution < -0.4 is 5.73 Å². The van der Waals surface area contributed by atoms with Crippen LogP contribution in [0.1, 0.15) is 16.5 Å². The Morgan fingerprint density at radius 2 is 2.00 bits per heavy atom. The van der Waals surface area contributed by atoms with E-state index in [1.807, 2.05) is 23.6 Å². The highest BCUT2D eigenvalue weighted by molar-refractivity contribution is 9.10. The van der Waals surface area contributed by atoms with Crippen LogP contribution in [0.5, 0.6) is 0 Å². The number of benzene rings is 1. The molecule has 2 aromatic rings. The van der Waals surface area contributed by atoms with Gasteiger partial charge in [-0.1, -0.05) is 18.2 Å². The largest absolute Gasteiger partial charge is 0.320 e. The Hall–Kier alpha value is -0.420. The van der Waals surface area contributed by atoms with Gasteiger partial charge >= 0.3 is 0 Å². The molecule has 1 heterocycles. The Balaban J connectivity index is 0.00000128. The smallest absolute Gasteiger partial charge is 0.137 e. The van der Waals surface area contributed by atoms with Gasteiger partial charge in [0, 0.05) is 4.88 Å². The van der Waals surface area contributed by atoms with E-state index in [1.54, 1.807) is 17.4 Å². The molecule has 0 amide bonds. The molecule has 0 saturated carbocycles. The Morgan fingerprint density at radius 1 is 1.25 bits per heavy atom. The molecule has 1 aromatic carbocycles. The minimum absolute atomic E-state index is 0. The van der Waals surface area contributed by atoms with Crippen LogP contribution in [0.2, 0.25) is 0 Å². The molecule has 0 fully saturated rings. The zero-order chi connectivity index (χ0) is 10.8. The number of rotatable bonds is 2. The van der Waals surface area contributed by atoms with Gasteiger partial charge in [-0.15, -0.1) is 23.7 Å². The monoisotopic (exact) mass is 321 g/mol. The molecule has 1 aromatic heterocycles. The van der Waals surface area contributed by atoms with Crippen molar-refractivity contribution in [2.24, 2.45) is 5.73 Å². The summed E-state index contributed by atoms with van der Waals surface area (Å²) in [6.07, 6.45) is 0. The highest BCUT2D eigenvalue weighted by Gasteiger charge is 2.14. The Morgan fingerprint density at radius 3 is 2.62 bits per heavy atom. The van der Waals surface area contributed by atoms with Crippen LogP contribution >= 0.6 is 39.7 Å². The molecule has 1 atom stereocenters. The first kappa shape index (κ1) is 13.6. The molecule has 0 aliphatic carbocycles. The van der Waals surface area contributed by atoms with Crippen molar-refractivity contribution in [1.82, 2.24) is 0 Å². The predicted molar refractivity (Wildman–Crippen MR) is 71.7 cm³/mol. The minimum Gasteiger partial charge on any atom is -0.320 e. The topological polar surface area (TPSA) is 26.0 Å². The van der Waals surface area contributed by atoms with Gasteiger partial charge in [0.2, 0.25) is 0 Å². The van der Waals surface area contributed by atoms with Crippen LogP contribution in [-0.2, 0) is 0 Å². The van der Waals surface area contributed by atoms with Crippen molar-refractivity contribution in [1.29, 1.82) is 0 Å². The summed E-state index contributed by atoms with van der Waals surface area (Å²) in [6.45, 7) is 0. The maximum Gasteiger partial charge on any atom is 0.137 e. The second-order valence-electron chi connectivity index (χ2n) is 3.14. The van der Waals surface area contributed by atoms with Gasteiger partial charge in [-0.2, -0.15) is 0 Å². The molecule has 0 saturated heterocycles. The van der Waals surface area contributed by atoms with E-state index in [2.05, 4.69) is 15.9 Å². The Kier molecular flexibility index (Phi) is 4.92. The fraction of sp³-hybridized carbons (Fsp3) is 0.0909. The van der Waals surface area contributed by atoms with E-state index in [-0.39, 0.29) is 24.3 Å². The van der Waals surface area contributed by atoms with Crippen molar-refractivity contribution in [2.45, 2.75) is 6.04 Å². The normalized spacial score (nSPS) is 11.9. The molecule has 0 unspecified atom stereocenters. The lowest BCUT2D eigenvalue weighted by Crippen LogP contribution is -2.11. The summed E-state index contributed by atoms with van der Waals surface area (Å²) >= 11 is 4.79. The van der Waals surface area contributed by atoms with Crippen molar-refractivity contribution in [3.8, 4) is 0 Å². The molecular weight excluding hydrogens is 313 g/mol. The van der Waals surface area contributed by atoms with E-state index in [1.165, 1.54) is 6.07 Å². The van der Waals surface area contributed by atoms with Gasteiger partial charge in [-0.25, -0.2) is 4.39 Å². The fourth-order valence-corrected chi connectivity index (χ4v) is 2.64. The summed E-state index contributed by atoms with van der Waals surface area (Å²) in [7, 11) is 0. The average Bonchev–Trinajstić information content (AvgIpc) is 2.74. The summed E-state index contributed by atoms with van der Waals surface area (Å²) in [5, 5.41) is 1.96. The lowest BCUT2D eigenvalue weighted by atomic mass is 10.1. The first-order valence-corrected chi connectivity index (χ1v) is 6.10. The van der Waals surface area contributed by atoms with Crippen molar-refractivity contribution >= 4 is 39.7 Å². The summed E-state index contributed by atoms with van der Waals surface area (Å²) in [6, 6.07) is 8.53. The third kappa shape index (κ3) is 2.63.